The fraction of sp³-hybridized carbons (Fsp3) is 0. The van der Waals surface area contributed by atoms with Gasteiger partial charge in [0.1, 0.15) is 17.1 Å². The minimum absolute atomic E-state index is 0.105. The van der Waals surface area contributed by atoms with Crippen LogP contribution in [0.1, 0.15) is 10.5 Å². The fourth-order valence-electron chi connectivity index (χ4n) is 1.87. The Morgan fingerprint density at radius 3 is 2.65 bits per heavy atom. The molecule has 0 saturated carbocycles. The Balaban J connectivity index is 2.35. The molecule has 0 amide bonds. The van der Waals surface area contributed by atoms with Crippen molar-refractivity contribution in [1.82, 2.24) is 4.57 Å². The molecule has 9 heteroatoms. The molecule has 1 aromatic heterocycles. The van der Waals surface area contributed by atoms with E-state index in [1.165, 1.54) is 4.57 Å². The van der Waals surface area contributed by atoms with E-state index in [9.17, 15) is 9.90 Å². The normalized spacial score (nSPS) is 12.3. The SMILES string of the molecule is O=C(O)c1cc(I)cn1-c1c(Cl)cc(Cl)c2c1N=S=N2. The lowest BCUT2D eigenvalue weighted by Gasteiger charge is -2.12. The van der Waals surface area contributed by atoms with E-state index in [1.807, 2.05) is 22.6 Å². The van der Waals surface area contributed by atoms with Gasteiger partial charge in [-0.25, -0.2) is 4.79 Å². The van der Waals surface area contributed by atoms with Crippen molar-refractivity contribution in [3.05, 3.63) is 37.6 Å². The summed E-state index contributed by atoms with van der Waals surface area (Å²) >= 11 is 15.3. The van der Waals surface area contributed by atoms with E-state index in [-0.39, 0.29) is 5.69 Å². The molecule has 102 valence electrons. The van der Waals surface area contributed by atoms with Gasteiger partial charge in [0.2, 0.25) is 0 Å². The second-order valence-corrected chi connectivity index (χ2v) is 6.46. The number of fused-ring (bicyclic) bond motifs is 1. The summed E-state index contributed by atoms with van der Waals surface area (Å²) in [5.74, 6) is -1.05. The Morgan fingerprint density at radius 2 is 1.95 bits per heavy atom. The van der Waals surface area contributed by atoms with Gasteiger partial charge in [-0.05, 0) is 34.7 Å². The van der Waals surface area contributed by atoms with Gasteiger partial charge in [0, 0.05) is 9.77 Å². The molecule has 0 fully saturated rings. The lowest BCUT2D eigenvalue weighted by molar-refractivity contribution is 0.0688. The van der Waals surface area contributed by atoms with E-state index >= 15 is 0 Å². The smallest absolute Gasteiger partial charge is 0.352 e. The maximum Gasteiger partial charge on any atom is 0.352 e. The van der Waals surface area contributed by atoms with Crippen LogP contribution in [-0.4, -0.2) is 15.6 Å². The Bertz CT molecular complexity index is 828. The molecule has 2 aromatic rings. The highest BCUT2D eigenvalue weighted by molar-refractivity contribution is 14.1. The average Bonchev–Trinajstić information content (AvgIpc) is 2.96. The van der Waals surface area contributed by atoms with Crippen LogP contribution in [0.5, 0.6) is 0 Å². The minimum Gasteiger partial charge on any atom is -0.477 e. The van der Waals surface area contributed by atoms with Crippen molar-refractivity contribution in [2.45, 2.75) is 0 Å². The van der Waals surface area contributed by atoms with Gasteiger partial charge in [0.05, 0.1) is 27.1 Å². The van der Waals surface area contributed by atoms with Crippen LogP contribution in [0.15, 0.2) is 27.1 Å². The van der Waals surface area contributed by atoms with Crippen molar-refractivity contribution < 1.29 is 9.90 Å². The third-order valence-corrected chi connectivity index (χ3v) is 4.36. The first-order chi connectivity index (χ1) is 9.49. The van der Waals surface area contributed by atoms with Crippen LogP contribution >= 0.6 is 45.8 Å². The predicted molar refractivity (Wildman–Crippen MR) is 87.0 cm³/mol. The second kappa shape index (κ2) is 5.14. The van der Waals surface area contributed by atoms with E-state index in [0.717, 1.165) is 14.9 Å². The molecular weight excluding hydrogens is 436 g/mol. The number of carbonyl (C=O) groups is 1. The third kappa shape index (κ3) is 2.18. The molecule has 0 unspecified atom stereocenters. The van der Waals surface area contributed by atoms with Gasteiger partial charge in [0.15, 0.2) is 0 Å². The standard InChI is InChI=1S/C11H4Cl2IN3O2S/c12-5-2-6(13)10(9-8(5)15-20-16-9)17-3-4(14)1-7(17)11(18)19/h1-3H,(H,18,19). The van der Waals surface area contributed by atoms with Crippen molar-refractivity contribution in [3.63, 3.8) is 0 Å². The number of aromatic carboxylic acids is 1. The monoisotopic (exact) mass is 439 g/mol. The third-order valence-electron chi connectivity index (χ3n) is 2.67. The zero-order chi connectivity index (χ0) is 14.4. The summed E-state index contributed by atoms with van der Waals surface area (Å²) in [7, 11) is 0. The molecule has 1 aliphatic rings. The van der Waals surface area contributed by atoms with Gasteiger partial charge in [-0.15, -0.1) is 0 Å². The zero-order valence-corrected chi connectivity index (χ0v) is 14.0. The van der Waals surface area contributed by atoms with Gasteiger partial charge < -0.3 is 9.67 Å². The molecule has 0 atom stereocenters. The lowest BCUT2D eigenvalue weighted by Crippen LogP contribution is -2.06. The van der Waals surface area contributed by atoms with Crippen molar-refractivity contribution in [2.24, 2.45) is 8.73 Å². The first-order valence-electron chi connectivity index (χ1n) is 5.21. The quantitative estimate of drug-likeness (QED) is 0.582. The topological polar surface area (TPSA) is 66.9 Å². The van der Waals surface area contributed by atoms with Crippen molar-refractivity contribution >= 4 is 74.5 Å². The number of aromatic nitrogens is 1. The molecule has 1 aromatic carbocycles. The minimum atomic E-state index is -1.05. The molecule has 0 spiro atoms. The molecule has 2 heterocycles. The van der Waals surface area contributed by atoms with Crippen LogP contribution in [0, 0.1) is 3.57 Å². The summed E-state index contributed by atoms with van der Waals surface area (Å²) in [4.78, 5) is 11.3. The molecule has 0 radical (unpaired) electrons. The van der Waals surface area contributed by atoms with Crippen LogP contribution in [0.25, 0.3) is 5.69 Å². The molecule has 1 aliphatic heterocycles. The van der Waals surface area contributed by atoms with E-state index < -0.39 is 5.97 Å². The first-order valence-corrected chi connectivity index (χ1v) is 7.77. The van der Waals surface area contributed by atoms with Crippen molar-refractivity contribution in [3.8, 4) is 5.69 Å². The Labute approximate surface area is 140 Å². The van der Waals surface area contributed by atoms with Gasteiger partial charge in [0.25, 0.3) is 0 Å². The van der Waals surface area contributed by atoms with E-state index in [2.05, 4.69) is 8.73 Å². The molecule has 0 aliphatic carbocycles. The molecule has 1 N–H and O–H groups in total. The lowest BCUT2D eigenvalue weighted by atomic mass is 10.2. The van der Waals surface area contributed by atoms with Crippen molar-refractivity contribution in [1.29, 1.82) is 0 Å². The van der Waals surface area contributed by atoms with Crippen LogP contribution < -0.4 is 0 Å². The van der Waals surface area contributed by atoms with Crippen LogP contribution in [0.4, 0.5) is 11.4 Å². The van der Waals surface area contributed by atoms with Gasteiger partial charge in [-0.1, -0.05) is 23.2 Å². The number of halogens is 3. The van der Waals surface area contributed by atoms with Gasteiger partial charge in [-0.3, -0.25) is 0 Å². The highest BCUT2D eigenvalue weighted by atomic mass is 127. The Kier molecular flexibility index (Phi) is 3.61. The number of rotatable bonds is 2. The summed E-state index contributed by atoms with van der Waals surface area (Å²) in [6.07, 6.45) is 1.68. The first kappa shape index (κ1) is 14.1. The summed E-state index contributed by atoms with van der Waals surface area (Å²) in [5.41, 5.74) is 1.58. The average molecular weight is 440 g/mol. The Morgan fingerprint density at radius 1 is 1.25 bits per heavy atom. The molecule has 0 saturated heterocycles. The number of hydrogen-bond donors (Lipinski definition) is 1. The van der Waals surface area contributed by atoms with E-state index in [1.54, 1.807) is 18.3 Å². The fourth-order valence-corrected chi connectivity index (χ4v) is 3.64. The number of carboxylic acids is 1. The highest BCUT2D eigenvalue weighted by Gasteiger charge is 2.23. The second-order valence-electron chi connectivity index (χ2n) is 3.87. The molecule has 20 heavy (non-hydrogen) atoms. The molecule has 5 nitrogen and oxygen atoms in total. The van der Waals surface area contributed by atoms with Crippen LogP contribution in [-0.2, 0) is 11.4 Å². The molecular formula is C11H4Cl2IN3O2S. The summed E-state index contributed by atoms with van der Waals surface area (Å²) in [6, 6.07) is 3.10. The van der Waals surface area contributed by atoms with Crippen LogP contribution in [0.3, 0.4) is 0 Å². The van der Waals surface area contributed by atoms with Crippen LogP contribution in [0.2, 0.25) is 10.0 Å². The predicted octanol–water partition coefficient (Wildman–Crippen LogP) is 4.81. The summed E-state index contributed by atoms with van der Waals surface area (Å²) in [5, 5.41) is 10.00. The van der Waals surface area contributed by atoms with Crippen molar-refractivity contribution in [2.75, 3.05) is 0 Å². The Hall–Kier alpha value is -0.900. The summed E-state index contributed by atoms with van der Waals surface area (Å²) in [6.45, 7) is 0. The van der Waals surface area contributed by atoms with E-state index in [0.29, 0.717) is 27.1 Å². The number of hydrogen-bond acceptors (Lipinski definition) is 3. The number of carboxylic acid groups (broad SMARTS) is 1. The summed E-state index contributed by atoms with van der Waals surface area (Å²) < 4.78 is 10.5. The largest absolute Gasteiger partial charge is 0.477 e. The number of nitrogens with zero attached hydrogens (tertiary/aromatic N) is 3. The maximum atomic E-state index is 11.3. The number of benzene rings is 1. The van der Waals surface area contributed by atoms with Gasteiger partial charge >= 0.3 is 5.97 Å². The zero-order valence-electron chi connectivity index (χ0n) is 9.47. The van der Waals surface area contributed by atoms with Gasteiger partial charge in [-0.2, -0.15) is 8.73 Å². The maximum absolute atomic E-state index is 11.3. The molecule has 0 bridgehead atoms. The highest BCUT2D eigenvalue weighted by Crippen LogP contribution is 2.46. The van der Waals surface area contributed by atoms with E-state index in [4.69, 9.17) is 23.2 Å². The molecule has 3 rings (SSSR count).